The highest BCUT2D eigenvalue weighted by molar-refractivity contribution is 7.89. The van der Waals surface area contributed by atoms with Crippen LogP contribution in [0.4, 0.5) is 10.5 Å². The van der Waals surface area contributed by atoms with E-state index in [0.29, 0.717) is 5.69 Å². The minimum atomic E-state index is -3.80. The number of urea groups is 1. The number of nitrogens with two attached hydrogens (primary N) is 1. The number of sulfonamides is 1. The number of carbonyl (C=O) groups is 2. The van der Waals surface area contributed by atoms with Gasteiger partial charge in [-0.2, -0.15) is 0 Å². The third kappa shape index (κ3) is 5.24. The molecule has 9 heteroatoms. The molecular formula is C12H15N3O5S. The van der Waals surface area contributed by atoms with Crippen LogP contribution in [0.5, 0.6) is 0 Å². The number of anilines is 1. The molecule has 1 atom stereocenters. The predicted molar refractivity (Wildman–Crippen MR) is 76.2 cm³/mol. The topological polar surface area (TPSA) is 139 Å². The van der Waals surface area contributed by atoms with Crippen molar-refractivity contribution in [3.8, 4) is 0 Å². The van der Waals surface area contributed by atoms with Gasteiger partial charge in [-0.05, 0) is 30.7 Å². The summed E-state index contributed by atoms with van der Waals surface area (Å²) in [5, 5.41) is 18.4. The molecule has 2 amide bonds. The van der Waals surface area contributed by atoms with Crippen LogP contribution in [0.1, 0.15) is 6.42 Å². The number of benzene rings is 1. The maximum Gasteiger partial charge on any atom is 0.326 e. The lowest BCUT2D eigenvalue weighted by atomic mass is 10.2. The van der Waals surface area contributed by atoms with E-state index in [1.807, 2.05) is 0 Å². The van der Waals surface area contributed by atoms with Gasteiger partial charge in [0, 0.05) is 5.69 Å². The third-order valence-corrected chi connectivity index (χ3v) is 3.38. The Bertz CT molecular complexity index is 639. The average Bonchev–Trinajstić information content (AvgIpc) is 2.37. The van der Waals surface area contributed by atoms with E-state index in [2.05, 4.69) is 17.2 Å². The Hall–Kier alpha value is -2.39. The Balaban J connectivity index is 2.70. The van der Waals surface area contributed by atoms with E-state index in [1.54, 1.807) is 0 Å². The second-order valence-corrected chi connectivity index (χ2v) is 5.64. The van der Waals surface area contributed by atoms with Crippen molar-refractivity contribution in [2.24, 2.45) is 5.14 Å². The number of aliphatic carboxylic acids is 1. The van der Waals surface area contributed by atoms with E-state index in [4.69, 9.17) is 10.2 Å². The zero-order chi connectivity index (χ0) is 16.0. The van der Waals surface area contributed by atoms with E-state index in [9.17, 15) is 18.0 Å². The van der Waals surface area contributed by atoms with Gasteiger partial charge in [0.2, 0.25) is 10.0 Å². The monoisotopic (exact) mass is 313 g/mol. The summed E-state index contributed by atoms with van der Waals surface area (Å²) < 4.78 is 22.1. The Morgan fingerprint density at radius 2 is 1.90 bits per heavy atom. The van der Waals surface area contributed by atoms with E-state index < -0.39 is 28.1 Å². The van der Waals surface area contributed by atoms with Crippen LogP contribution in [0.25, 0.3) is 0 Å². The molecule has 0 aromatic heterocycles. The summed E-state index contributed by atoms with van der Waals surface area (Å²) in [4.78, 5) is 22.4. The molecule has 1 rings (SSSR count). The molecule has 1 aromatic rings. The molecule has 0 aliphatic heterocycles. The molecule has 1 unspecified atom stereocenters. The van der Waals surface area contributed by atoms with Crippen LogP contribution in [0, 0.1) is 0 Å². The molecule has 21 heavy (non-hydrogen) atoms. The summed E-state index contributed by atoms with van der Waals surface area (Å²) >= 11 is 0. The summed E-state index contributed by atoms with van der Waals surface area (Å²) in [6.07, 6.45) is 1.45. The third-order valence-electron chi connectivity index (χ3n) is 2.45. The fourth-order valence-corrected chi connectivity index (χ4v) is 1.96. The summed E-state index contributed by atoms with van der Waals surface area (Å²) in [6, 6.07) is 3.30. The van der Waals surface area contributed by atoms with Crippen molar-refractivity contribution in [2.45, 2.75) is 17.4 Å². The smallest absolute Gasteiger partial charge is 0.326 e. The molecule has 5 N–H and O–H groups in total. The summed E-state index contributed by atoms with van der Waals surface area (Å²) in [5.74, 6) is -1.19. The molecule has 8 nitrogen and oxygen atoms in total. The molecular weight excluding hydrogens is 298 g/mol. The van der Waals surface area contributed by atoms with Gasteiger partial charge in [0.1, 0.15) is 6.04 Å². The number of primary sulfonamides is 1. The number of rotatable bonds is 6. The van der Waals surface area contributed by atoms with Crippen molar-refractivity contribution in [3.63, 3.8) is 0 Å². The number of nitrogens with one attached hydrogen (secondary N) is 2. The van der Waals surface area contributed by atoms with E-state index in [0.717, 1.165) is 0 Å². The lowest BCUT2D eigenvalue weighted by Crippen LogP contribution is -2.42. The van der Waals surface area contributed by atoms with Gasteiger partial charge in [-0.15, -0.1) is 6.58 Å². The molecule has 0 radical (unpaired) electrons. The second kappa shape index (κ2) is 6.86. The largest absolute Gasteiger partial charge is 0.480 e. The molecule has 0 aliphatic rings. The molecule has 1 aromatic carbocycles. The lowest BCUT2D eigenvalue weighted by Gasteiger charge is -2.13. The second-order valence-electron chi connectivity index (χ2n) is 4.08. The maximum atomic E-state index is 11.6. The summed E-state index contributed by atoms with van der Waals surface area (Å²) in [6.45, 7) is 3.40. The molecule has 0 heterocycles. The van der Waals surface area contributed by atoms with Gasteiger partial charge < -0.3 is 15.7 Å². The first-order valence-electron chi connectivity index (χ1n) is 5.78. The van der Waals surface area contributed by atoms with Gasteiger partial charge in [-0.3, -0.25) is 0 Å². The number of carbonyl (C=O) groups excluding carboxylic acids is 1. The summed E-state index contributed by atoms with van der Waals surface area (Å²) in [5.41, 5.74) is 0.294. The van der Waals surface area contributed by atoms with Crippen LogP contribution in [-0.2, 0) is 14.8 Å². The number of hydrogen-bond donors (Lipinski definition) is 4. The van der Waals surface area contributed by atoms with E-state index in [-0.39, 0.29) is 11.3 Å². The van der Waals surface area contributed by atoms with Crippen LogP contribution in [0.2, 0.25) is 0 Å². The molecule has 0 spiro atoms. The Kier molecular flexibility index (Phi) is 5.44. The quantitative estimate of drug-likeness (QED) is 0.566. The fourth-order valence-electron chi connectivity index (χ4n) is 1.44. The number of carboxylic acids is 1. The van der Waals surface area contributed by atoms with Crippen molar-refractivity contribution in [1.29, 1.82) is 0 Å². The number of carboxylic acid groups (broad SMARTS) is 1. The van der Waals surface area contributed by atoms with Crippen LogP contribution >= 0.6 is 0 Å². The Morgan fingerprint density at radius 1 is 1.33 bits per heavy atom. The normalized spacial score (nSPS) is 12.2. The first-order valence-corrected chi connectivity index (χ1v) is 7.32. The van der Waals surface area contributed by atoms with E-state index in [1.165, 1.54) is 30.3 Å². The zero-order valence-corrected chi connectivity index (χ0v) is 11.8. The van der Waals surface area contributed by atoms with E-state index >= 15 is 0 Å². The Labute approximate surface area is 121 Å². The van der Waals surface area contributed by atoms with Gasteiger partial charge in [-0.25, -0.2) is 23.1 Å². The van der Waals surface area contributed by atoms with Gasteiger partial charge >= 0.3 is 12.0 Å². The molecule has 114 valence electrons. The van der Waals surface area contributed by atoms with Crippen molar-refractivity contribution in [1.82, 2.24) is 5.32 Å². The zero-order valence-electron chi connectivity index (χ0n) is 10.9. The lowest BCUT2D eigenvalue weighted by molar-refractivity contribution is -0.139. The molecule has 0 saturated carbocycles. The molecule has 0 bridgehead atoms. The highest BCUT2D eigenvalue weighted by Gasteiger charge is 2.18. The molecule has 0 saturated heterocycles. The highest BCUT2D eigenvalue weighted by Crippen LogP contribution is 2.12. The van der Waals surface area contributed by atoms with Crippen LogP contribution in [0.15, 0.2) is 41.8 Å². The average molecular weight is 313 g/mol. The molecule has 0 aliphatic carbocycles. The minimum absolute atomic E-state index is 0.0765. The van der Waals surface area contributed by atoms with Crippen LogP contribution in [-0.4, -0.2) is 31.6 Å². The maximum absolute atomic E-state index is 11.6. The van der Waals surface area contributed by atoms with Gasteiger partial charge in [0.25, 0.3) is 0 Å². The first kappa shape index (κ1) is 16.7. The van der Waals surface area contributed by atoms with Crippen molar-refractivity contribution < 1.29 is 23.1 Å². The standard InChI is InChI=1S/C12H15N3O5S/c1-2-3-10(11(16)17)15-12(18)14-8-4-6-9(7-5-8)21(13,19)20/h2,4-7,10H,1,3H2,(H,16,17)(H2,13,19,20)(H2,14,15,18). The SMILES string of the molecule is C=CCC(NC(=O)Nc1ccc(S(N)(=O)=O)cc1)C(=O)O. The van der Waals surface area contributed by atoms with Crippen molar-refractivity contribution in [2.75, 3.05) is 5.32 Å². The van der Waals surface area contributed by atoms with Crippen molar-refractivity contribution in [3.05, 3.63) is 36.9 Å². The highest BCUT2D eigenvalue weighted by atomic mass is 32.2. The van der Waals surface area contributed by atoms with Gasteiger partial charge in [-0.1, -0.05) is 6.08 Å². The number of hydrogen-bond acceptors (Lipinski definition) is 4. The predicted octanol–water partition coefficient (Wildman–Crippen LogP) is 0.485. The minimum Gasteiger partial charge on any atom is -0.480 e. The van der Waals surface area contributed by atoms with Crippen LogP contribution < -0.4 is 15.8 Å². The fraction of sp³-hybridized carbons (Fsp3) is 0.167. The first-order chi connectivity index (χ1) is 9.74. The Morgan fingerprint density at radius 3 is 2.33 bits per heavy atom. The summed E-state index contributed by atoms with van der Waals surface area (Å²) in [7, 11) is -3.80. The number of amides is 2. The van der Waals surface area contributed by atoms with Crippen LogP contribution in [0.3, 0.4) is 0 Å². The van der Waals surface area contributed by atoms with Crippen molar-refractivity contribution >= 4 is 27.7 Å². The molecule has 0 fully saturated rings. The van der Waals surface area contributed by atoms with Gasteiger partial charge in [0.15, 0.2) is 0 Å². The van der Waals surface area contributed by atoms with Gasteiger partial charge in [0.05, 0.1) is 4.90 Å².